The second-order valence-electron chi connectivity index (χ2n) is 7.96. The number of hydrogen-bond acceptors (Lipinski definition) is 7. The highest BCUT2D eigenvalue weighted by molar-refractivity contribution is 6.10. The fourth-order valence-corrected chi connectivity index (χ4v) is 4.01. The van der Waals surface area contributed by atoms with E-state index in [1.807, 2.05) is 6.92 Å². The number of amides is 2. The molecule has 2 amide bonds. The Balaban J connectivity index is 1.56. The molecule has 0 spiro atoms. The van der Waals surface area contributed by atoms with Gasteiger partial charge in [0.15, 0.2) is 5.76 Å². The number of fused-ring (bicyclic) bond motifs is 1. The average Bonchev–Trinajstić information content (AvgIpc) is 3.24. The summed E-state index contributed by atoms with van der Waals surface area (Å²) < 4.78 is 21.7. The Bertz CT molecular complexity index is 1280. The maximum absolute atomic E-state index is 13.1. The number of anilines is 1. The van der Waals surface area contributed by atoms with Gasteiger partial charge in [-0.15, -0.1) is 0 Å². The molecule has 2 N–H and O–H groups in total. The zero-order chi connectivity index (χ0) is 24.9. The summed E-state index contributed by atoms with van der Waals surface area (Å²) in [6.45, 7) is 1.81. The number of hydrazone groups is 1. The largest absolute Gasteiger partial charge is 0.497 e. The monoisotopic (exact) mass is 477 g/mol. The van der Waals surface area contributed by atoms with Gasteiger partial charge < -0.3 is 23.9 Å². The molecule has 9 nitrogen and oxygen atoms in total. The summed E-state index contributed by atoms with van der Waals surface area (Å²) in [7, 11) is 4.64. The zero-order valence-corrected chi connectivity index (χ0v) is 20.1. The highest BCUT2D eigenvalue weighted by Gasteiger charge is 2.28. The molecule has 35 heavy (non-hydrogen) atoms. The van der Waals surface area contributed by atoms with Crippen molar-refractivity contribution >= 4 is 23.2 Å². The molecule has 0 saturated heterocycles. The number of nitrogens with zero attached hydrogens (tertiary/aromatic N) is 1. The van der Waals surface area contributed by atoms with Gasteiger partial charge in [-0.1, -0.05) is 0 Å². The van der Waals surface area contributed by atoms with Crippen LogP contribution in [0.5, 0.6) is 17.2 Å². The maximum atomic E-state index is 13.1. The number of aryl methyl sites for hydroxylation is 1. The third kappa shape index (κ3) is 4.98. The van der Waals surface area contributed by atoms with Crippen LogP contribution in [0.4, 0.5) is 5.69 Å². The van der Waals surface area contributed by atoms with E-state index in [1.54, 1.807) is 56.7 Å². The van der Waals surface area contributed by atoms with E-state index in [4.69, 9.17) is 18.6 Å². The fraction of sp³-hybridized carbons (Fsp3) is 0.269. The molecule has 0 bridgehead atoms. The van der Waals surface area contributed by atoms with Crippen molar-refractivity contribution in [3.8, 4) is 17.2 Å². The quantitative estimate of drug-likeness (QED) is 0.490. The Morgan fingerprint density at radius 1 is 0.914 bits per heavy atom. The van der Waals surface area contributed by atoms with Crippen LogP contribution in [0, 0.1) is 6.92 Å². The lowest BCUT2D eigenvalue weighted by molar-refractivity contribution is 0.0953. The van der Waals surface area contributed by atoms with Crippen LogP contribution in [0.15, 0.2) is 52.0 Å². The zero-order valence-electron chi connectivity index (χ0n) is 20.1. The first-order chi connectivity index (χ1) is 16.9. The molecule has 0 aliphatic heterocycles. The molecule has 1 heterocycles. The van der Waals surface area contributed by atoms with Gasteiger partial charge in [0.1, 0.15) is 23.0 Å². The standard InChI is InChI=1S/C26H27N3O6/c1-15-23-19(28-29-25(30)16-8-10-17(32-2)11-9-16)6-5-7-22(23)35-24(15)26(31)27-20-14-18(33-3)12-13-21(20)34-4/h8-14H,5-7H2,1-4H3,(H,27,31)(H,29,30)/b28-19+. The molecular formula is C26H27N3O6. The molecule has 1 aliphatic rings. The fourth-order valence-electron chi connectivity index (χ4n) is 4.01. The first-order valence-electron chi connectivity index (χ1n) is 11.1. The van der Waals surface area contributed by atoms with Gasteiger partial charge in [-0.25, -0.2) is 5.43 Å². The third-order valence-electron chi connectivity index (χ3n) is 5.83. The Hall–Kier alpha value is -4.27. The van der Waals surface area contributed by atoms with Crippen LogP contribution >= 0.6 is 0 Å². The molecule has 182 valence electrons. The van der Waals surface area contributed by atoms with Crippen molar-refractivity contribution in [2.24, 2.45) is 5.10 Å². The molecule has 0 radical (unpaired) electrons. The number of benzene rings is 2. The van der Waals surface area contributed by atoms with Crippen molar-refractivity contribution in [2.45, 2.75) is 26.2 Å². The first-order valence-corrected chi connectivity index (χ1v) is 11.1. The molecule has 1 aromatic heterocycles. The van der Waals surface area contributed by atoms with E-state index in [0.29, 0.717) is 58.4 Å². The Kier molecular flexibility index (Phi) is 7.05. The van der Waals surface area contributed by atoms with E-state index in [1.165, 1.54) is 7.11 Å². The Morgan fingerprint density at radius 2 is 1.63 bits per heavy atom. The highest BCUT2D eigenvalue weighted by atomic mass is 16.5. The SMILES string of the molecule is COc1ccc(C(=O)N/N=C2\CCCc3oc(C(=O)Nc4cc(OC)ccc4OC)c(C)c32)cc1. The topological polar surface area (TPSA) is 111 Å². The normalized spacial score (nSPS) is 13.7. The summed E-state index contributed by atoms with van der Waals surface area (Å²) >= 11 is 0. The summed E-state index contributed by atoms with van der Waals surface area (Å²) in [5.41, 5.74) is 5.64. The molecule has 0 saturated carbocycles. The van der Waals surface area contributed by atoms with E-state index >= 15 is 0 Å². The smallest absolute Gasteiger partial charge is 0.291 e. The van der Waals surface area contributed by atoms with Crippen LogP contribution in [0.25, 0.3) is 0 Å². The van der Waals surface area contributed by atoms with Gasteiger partial charge in [0.25, 0.3) is 11.8 Å². The third-order valence-corrected chi connectivity index (χ3v) is 5.83. The van der Waals surface area contributed by atoms with Crippen molar-refractivity contribution in [3.05, 3.63) is 70.7 Å². The molecule has 0 atom stereocenters. The van der Waals surface area contributed by atoms with Gasteiger partial charge in [0, 0.05) is 29.2 Å². The number of carbonyl (C=O) groups excluding carboxylic acids is 2. The summed E-state index contributed by atoms with van der Waals surface area (Å²) in [6, 6.07) is 11.9. The Morgan fingerprint density at radius 3 is 2.31 bits per heavy atom. The second kappa shape index (κ2) is 10.3. The summed E-state index contributed by atoms with van der Waals surface area (Å²) in [4.78, 5) is 25.7. The van der Waals surface area contributed by atoms with Gasteiger partial charge >= 0.3 is 0 Å². The molecule has 0 unspecified atom stereocenters. The summed E-state index contributed by atoms with van der Waals surface area (Å²) in [5.74, 6) is 1.86. The van der Waals surface area contributed by atoms with Crippen LogP contribution in [0.2, 0.25) is 0 Å². The molecule has 9 heteroatoms. The minimum Gasteiger partial charge on any atom is -0.497 e. The minimum absolute atomic E-state index is 0.191. The highest BCUT2D eigenvalue weighted by Crippen LogP contribution is 2.33. The average molecular weight is 478 g/mol. The molecule has 0 fully saturated rings. The maximum Gasteiger partial charge on any atom is 0.291 e. The number of methoxy groups -OCH3 is 3. The van der Waals surface area contributed by atoms with Gasteiger partial charge in [-0.05, 0) is 56.2 Å². The van der Waals surface area contributed by atoms with Crippen molar-refractivity contribution in [1.82, 2.24) is 5.43 Å². The molecule has 1 aliphatic carbocycles. The molecular weight excluding hydrogens is 450 g/mol. The van der Waals surface area contributed by atoms with Crippen molar-refractivity contribution < 1.29 is 28.2 Å². The number of nitrogens with one attached hydrogen (secondary N) is 2. The van der Waals surface area contributed by atoms with Gasteiger partial charge in [-0.2, -0.15) is 5.10 Å². The minimum atomic E-state index is -0.412. The van der Waals surface area contributed by atoms with E-state index < -0.39 is 5.91 Å². The van der Waals surface area contributed by atoms with E-state index in [-0.39, 0.29) is 11.7 Å². The van der Waals surface area contributed by atoms with E-state index in [2.05, 4.69) is 15.8 Å². The van der Waals surface area contributed by atoms with Crippen LogP contribution < -0.4 is 25.0 Å². The van der Waals surface area contributed by atoms with Crippen molar-refractivity contribution in [2.75, 3.05) is 26.6 Å². The van der Waals surface area contributed by atoms with Crippen LogP contribution in [-0.2, 0) is 6.42 Å². The van der Waals surface area contributed by atoms with E-state index in [0.717, 1.165) is 12.0 Å². The predicted octanol–water partition coefficient (Wildman–Crippen LogP) is 4.34. The lowest BCUT2D eigenvalue weighted by Gasteiger charge is -2.13. The number of carbonyl (C=O) groups is 2. The van der Waals surface area contributed by atoms with Crippen molar-refractivity contribution in [1.29, 1.82) is 0 Å². The lowest BCUT2D eigenvalue weighted by atomic mass is 9.93. The van der Waals surface area contributed by atoms with Gasteiger partial charge in [-0.3, -0.25) is 9.59 Å². The Labute approximate surface area is 203 Å². The number of furan rings is 1. The first kappa shape index (κ1) is 23.9. The number of hydrogen-bond donors (Lipinski definition) is 2. The summed E-state index contributed by atoms with van der Waals surface area (Å²) in [5, 5.41) is 7.21. The molecule has 3 aromatic rings. The second-order valence-corrected chi connectivity index (χ2v) is 7.96. The van der Waals surface area contributed by atoms with E-state index in [9.17, 15) is 9.59 Å². The van der Waals surface area contributed by atoms with Gasteiger partial charge in [0.05, 0.1) is 32.7 Å². The lowest BCUT2D eigenvalue weighted by Crippen LogP contribution is -2.22. The predicted molar refractivity (Wildman–Crippen MR) is 131 cm³/mol. The number of ether oxygens (including phenoxy) is 3. The molecule has 2 aromatic carbocycles. The van der Waals surface area contributed by atoms with Crippen molar-refractivity contribution in [3.63, 3.8) is 0 Å². The van der Waals surface area contributed by atoms with Crippen LogP contribution in [0.1, 0.15) is 50.6 Å². The molecule has 4 rings (SSSR count). The van der Waals surface area contributed by atoms with Crippen LogP contribution in [0.3, 0.4) is 0 Å². The number of rotatable bonds is 7. The summed E-state index contributed by atoms with van der Waals surface area (Å²) in [6.07, 6.45) is 2.13. The van der Waals surface area contributed by atoms with Gasteiger partial charge in [0.2, 0.25) is 0 Å². The van der Waals surface area contributed by atoms with Crippen LogP contribution in [-0.4, -0.2) is 38.9 Å².